The van der Waals surface area contributed by atoms with Gasteiger partial charge < -0.3 is 9.84 Å². The summed E-state index contributed by atoms with van der Waals surface area (Å²) in [5, 5.41) is 10.7. The summed E-state index contributed by atoms with van der Waals surface area (Å²) in [5.41, 5.74) is 1.13. The number of benzene rings is 1. The predicted octanol–water partition coefficient (Wildman–Crippen LogP) is 2.28. The number of halogens is 1. The highest BCUT2D eigenvalue weighted by Gasteiger charge is 2.36. The van der Waals surface area contributed by atoms with Crippen molar-refractivity contribution in [1.29, 1.82) is 0 Å². The lowest BCUT2D eigenvalue weighted by Gasteiger charge is -2.44. The van der Waals surface area contributed by atoms with E-state index in [2.05, 4.69) is 4.90 Å². The number of morpholine rings is 1. The summed E-state index contributed by atoms with van der Waals surface area (Å²) >= 11 is 0. The topological polar surface area (TPSA) is 32.7 Å². The minimum atomic E-state index is -0.721. The van der Waals surface area contributed by atoms with Gasteiger partial charge >= 0.3 is 0 Å². The number of hydrogen-bond acceptors (Lipinski definition) is 3. The van der Waals surface area contributed by atoms with Crippen molar-refractivity contribution in [2.45, 2.75) is 32.4 Å². The number of aliphatic hydroxyl groups excluding tert-OH is 1. The minimum Gasteiger partial charge on any atom is -0.386 e. The summed E-state index contributed by atoms with van der Waals surface area (Å²) < 4.78 is 18.7. The molecule has 19 heavy (non-hydrogen) atoms. The van der Waals surface area contributed by atoms with E-state index in [1.54, 1.807) is 6.07 Å². The van der Waals surface area contributed by atoms with E-state index in [4.69, 9.17) is 4.74 Å². The highest BCUT2D eigenvalue weighted by Crippen LogP contribution is 2.33. The molecule has 4 heteroatoms. The number of nitrogens with zero attached hydrogens (tertiary/aromatic N) is 1. The van der Waals surface area contributed by atoms with Gasteiger partial charge in [-0.2, -0.15) is 0 Å². The first-order valence-electron chi connectivity index (χ1n) is 6.70. The predicted molar refractivity (Wildman–Crippen MR) is 72.6 cm³/mol. The molecular weight excluding hydrogens is 245 g/mol. The smallest absolute Gasteiger partial charge is 0.123 e. The molecule has 1 heterocycles. The molecular formula is C15H22FNO2. The Morgan fingerprint density at radius 3 is 2.58 bits per heavy atom. The SMILES string of the molecule is Cc1ccc(F)cc1C(O)C(C)(C)N1CCOCC1. The van der Waals surface area contributed by atoms with Crippen molar-refractivity contribution in [1.82, 2.24) is 4.90 Å². The van der Waals surface area contributed by atoms with Crippen LogP contribution in [0.25, 0.3) is 0 Å². The third-order valence-corrected chi connectivity index (χ3v) is 4.03. The zero-order chi connectivity index (χ0) is 14.0. The monoisotopic (exact) mass is 267 g/mol. The highest BCUT2D eigenvalue weighted by molar-refractivity contribution is 5.30. The Bertz CT molecular complexity index is 442. The summed E-state index contributed by atoms with van der Waals surface area (Å²) in [6, 6.07) is 4.57. The van der Waals surface area contributed by atoms with E-state index in [0.717, 1.165) is 18.7 Å². The molecule has 1 atom stereocenters. The number of rotatable bonds is 3. The molecule has 0 saturated carbocycles. The van der Waals surface area contributed by atoms with E-state index >= 15 is 0 Å². The molecule has 1 fully saturated rings. The summed E-state index contributed by atoms with van der Waals surface area (Å²) in [5.74, 6) is -0.308. The van der Waals surface area contributed by atoms with Crippen molar-refractivity contribution in [3.05, 3.63) is 35.1 Å². The molecule has 0 amide bonds. The third kappa shape index (κ3) is 2.96. The van der Waals surface area contributed by atoms with E-state index in [0.29, 0.717) is 18.8 Å². The maximum absolute atomic E-state index is 13.4. The Morgan fingerprint density at radius 1 is 1.32 bits per heavy atom. The van der Waals surface area contributed by atoms with Gasteiger partial charge in [-0.25, -0.2) is 4.39 Å². The molecule has 0 radical (unpaired) electrons. The van der Waals surface area contributed by atoms with Gasteiger partial charge in [-0.1, -0.05) is 6.07 Å². The van der Waals surface area contributed by atoms with Crippen molar-refractivity contribution in [3.8, 4) is 0 Å². The van der Waals surface area contributed by atoms with Crippen LogP contribution in [-0.2, 0) is 4.74 Å². The van der Waals surface area contributed by atoms with Crippen LogP contribution in [0.4, 0.5) is 4.39 Å². The van der Waals surface area contributed by atoms with Gasteiger partial charge in [-0.3, -0.25) is 4.90 Å². The molecule has 3 nitrogen and oxygen atoms in total. The molecule has 1 N–H and O–H groups in total. The van der Waals surface area contributed by atoms with Crippen molar-refractivity contribution >= 4 is 0 Å². The molecule has 2 rings (SSSR count). The lowest BCUT2D eigenvalue weighted by Crippen LogP contribution is -2.53. The average molecular weight is 267 g/mol. The number of aryl methyl sites for hydroxylation is 1. The molecule has 1 aliphatic rings. The second kappa shape index (κ2) is 5.57. The van der Waals surface area contributed by atoms with Crippen molar-refractivity contribution in [2.24, 2.45) is 0 Å². The Morgan fingerprint density at radius 2 is 1.95 bits per heavy atom. The molecule has 0 spiro atoms. The number of hydrogen-bond donors (Lipinski definition) is 1. The van der Waals surface area contributed by atoms with Gasteiger partial charge in [0, 0.05) is 18.6 Å². The molecule has 1 saturated heterocycles. The standard InChI is InChI=1S/C15H22FNO2/c1-11-4-5-12(16)10-13(11)14(18)15(2,3)17-6-8-19-9-7-17/h4-5,10,14,18H,6-9H2,1-3H3. The van der Waals surface area contributed by atoms with E-state index in [1.807, 2.05) is 20.8 Å². The quantitative estimate of drug-likeness (QED) is 0.912. The van der Waals surface area contributed by atoms with E-state index in [-0.39, 0.29) is 5.82 Å². The Labute approximate surface area is 114 Å². The van der Waals surface area contributed by atoms with Crippen LogP contribution in [0.3, 0.4) is 0 Å². The summed E-state index contributed by atoms with van der Waals surface area (Å²) in [7, 11) is 0. The molecule has 1 aromatic carbocycles. The van der Waals surface area contributed by atoms with Crippen molar-refractivity contribution < 1.29 is 14.2 Å². The molecule has 106 valence electrons. The van der Waals surface area contributed by atoms with Crippen LogP contribution in [0, 0.1) is 12.7 Å². The van der Waals surface area contributed by atoms with Crippen LogP contribution in [-0.4, -0.2) is 41.8 Å². The van der Waals surface area contributed by atoms with Gasteiger partial charge in [0.15, 0.2) is 0 Å². The number of ether oxygens (including phenoxy) is 1. The molecule has 1 unspecified atom stereocenters. The van der Waals surface area contributed by atoms with Crippen molar-refractivity contribution in [3.63, 3.8) is 0 Å². The van der Waals surface area contributed by atoms with E-state index in [9.17, 15) is 9.50 Å². The Hall–Kier alpha value is -0.970. The second-order valence-electron chi connectivity index (χ2n) is 5.66. The zero-order valence-corrected chi connectivity index (χ0v) is 11.8. The molecule has 1 aromatic rings. The normalized spacial score (nSPS) is 19.4. The Kier molecular flexibility index (Phi) is 4.23. The van der Waals surface area contributed by atoms with Gasteiger partial charge in [0.05, 0.1) is 19.3 Å². The first kappa shape index (κ1) is 14.4. The minimum absolute atomic E-state index is 0.308. The summed E-state index contributed by atoms with van der Waals surface area (Å²) in [6.45, 7) is 8.82. The second-order valence-corrected chi connectivity index (χ2v) is 5.66. The molecule has 0 aliphatic carbocycles. The van der Waals surface area contributed by atoms with Gasteiger partial charge in [-0.15, -0.1) is 0 Å². The summed E-state index contributed by atoms with van der Waals surface area (Å²) in [4.78, 5) is 2.20. The fraction of sp³-hybridized carbons (Fsp3) is 0.600. The largest absolute Gasteiger partial charge is 0.386 e. The highest BCUT2D eigenvalue weighted by atomic mass is 19.1. The maximum Gasteiger partial charge on any atom is 0.123 e. The van der Waals surface area contributed by atoms with Gasteiger partial charge in [0.1, 0.15) is 5.82 Å². The van der Waals surface area contributed by atoms with Gasteiger partial charge in [-0.05, 0) is 44.0 Å². The van der Waals surface area contributed by atoms with Crippen molar-refractivity contribution in [2.75, 3.05) is 26.3 Å². The average Bonchev–Trinajstić information content (AvgIpc) is 2.41. The lowest BCUT2D eigenvalue weighted by atomic mass is 9.87. The fourth-order valence-corrected chi connectivity index (χ4v) is 2.60. The van der Waals surface area contributed by atoms with Crippen LogP contribution in [0.5, 0.6) is 0 Å². The van der Waals surface area contributed by atoms with Crippen LogP contribution >= 0.6 is 0 Å². The maximum atomic E-state index is 13.4. The van der Waals surface area contributed by atoms with Crippen LogP contribution in [0.2, 0.25) is 0 Å². The van der Waals surface area contributed by atoms with Crippen LogP contribution in [0.15, 0.2) is 18.2 Å². The van der Waals surface area contributed by atoms with Gasteiger partial charge in [0.25, 0.3) is 0 Å². The van der Waals surface area contributed by atoms with Crippen LogP contribution < -0.4 is 0 Å². The number of aliphatic hydroxyl groups is 1. The first-order chi connectivity index (χ1) is 8.93. The first-order valence-corrected chi connectivity index (χ1v) is 6.70. The fourth-order valence-electron chi connectivity index (χ4n) is 2.60. The molecule has 0 bridgehead atoms. The van der Waals surface area contributed by atoms with E-state index in [1.165, 1.54) is 12.1 Å². The summed E-state index contributed by atoms with van der Waals surface area (Å²) in [6.07, 6.45) is -0.721. The molecule has 0 aromatic heterocycles. The zero-order valence-electron chi connectivity index (χ0n) is 11.8. The van der Waals surface area contributed by atoms with Crippen LogP contribution in [0.1, 0.15) is 31.1 Å². The lowest BCUT2D eigenvalue weighted by molar-refractivity contribution is -0.0632. The van der Waals surface area contributed by atoms with Gasteiger partial charge in [0.2, 0.25) is 0 Å². The molecule has 1 aliphatic heterocycles. The van der Waals surface area contributed by atoms with E-state index < -0.39 is 11.6 Å². The Balaban J connectivity index is 2.25. The third-order valence-electron chi connectivity index (χ3n) is 4.03.